The van der Waals surface area contributed by atoms with Crippen molar-refractivity contribution in [3.63, 3.8) is 0 Å². The highest BCUT2D eigenvalue weighted by Gasteiger charge is 2.11. The van der Waals surface area contributed by atoms with Crippen molar-refractivity contribution in [3.05, 3.63) is 47.8 Å². The van der Waals surface area contributed by atoms with E-state index in [0.29, 0.717) is 17.2 Å². The molecule has 3 heterocycles. The van der Waals surface area contributed by atoms with Gasteiger partial charge in [-0.1, -0.05) is 0 Å². The Morgan fingerprint density at radius 3 is 2.84 bits per heavy atom. The molecule has 19 heavy (non-hydrogen) atoms. The topological polar surface area (TPSA) is 80.4 Å². The number of aromatic carboxylic acids is 1. The quantitative estimate of drug-likeness (QED) is 0.754. The van der Waals surface area contributed by atoms with Crippen LogP contribution in [-0.2, 0) is 0 Å². The molecule has 3 rings (SSSR count). The van der Waals surface area contributed by atoms with E-state index in [1.807, 2.05) is 19.1 Å². The first-order valence-electron chi connectivity index (χ1n) is 5.66. The monoisotopic (exact) mass is 254 g/mol. The number of aryl methyl sites for hydroxylation is 1. The predicted octanol–water partition coefficient (Wildman–Crippen LogP) is 1.80. The lowest BCUT2D eigenvalue weighted by Crippen LogP contribution is -1.98. The molecule has 0 aromatic carbocycles. The summed E-state index contributed by atoms with van der Waals surface area (Å²) >= 11 is 0. The van der Waals surface area contributed by atoms with E-state index in [4.69, 9.17) is 5.11 Å². The van der Waals surface area contributed by atoms with Crippen LogP contribution in [0.2, 0.25) is 0 Å². The molecule has 0 aliphatic carbocycles. The molecule has 0 saturated heterocycles. The average molecular weight is 254 g/mol. The number of carbonyl (C=O) groups is 1. The lowest BCUT2D eigenvalue weighted by atomic mass is 10.2. The molecule has 6 nitrogen and oxygen atoms in total. The highest BCUT2D eigenvalue weighted by Crippen LogP contribution is 2.17. The van der Waals surface area contributed by atoms with Gasteiger partial charge in [0.2, 0.25) is 0 Å². The normalized spacial score (nSPS) is 10.8. The lowest BCUT2D eigenvalue weighted by molar-refractivity contribution is 0.0697. The number of fused-ring (bicyclic) bond motifs is 1. The number of aromatic nitrogens is 4. The first-order chi connectivity index (χ1) is 9.15. The fourth-order valence-corrected chi connectivity index (χ4v) is 1.86. The number of hydrogen-bond donors (Lipinski definition) is 1. The van der Waals surface area contributed by atoms with E-state index in [2.05, 4.69) is 15.2 Å². The molecule has 0 aliphatic heterocycles. The third-order valence-corrected chi connectivity index (χ3v) is 2.80. The van der Waals surface area contributed by atoms with Crippen LogP contribution in [0.1, 0.15) is 15.9 Å². The summed E-state index contributed by atoms with van der Waals surface area (Å²) in [7, 11) is 0. The van der Waals surface area contributed by atoms with Crippen LogP contribution in [-0.4, -0.2) is 30.7 Å². The first-order valence-corrected chi connectivity index (χ1v) is 5.66. The van der Waals surface area contributed by atoms with E-state index in [9.17, 15) is 4.79 Å². The molecule has 1 N–H and O–H groups in total. The molecule has 0 aliphatic rings. The summed E-state index contributed by atoms with van der Waals surface area (Å²) in [6.07, 6.45) is 3.34. The van der Waals surface area contributed by atoms with Crippen LogP contribution in [0, 0.1) is 6.92 Å². The Kier molecular flexibility index (Phi) is 2.49. The number of pyridine rings is 2. The van der Waals surface area contributed by atoms with Gasteiger partial charge in [-0.2, -0.15) is 0 Å². The molecule has 3 aromatic rings. The van der Waals surface area contributed by atoms with E-state index in [1.165, 1.54) is 12.1 Å². The summed E-state index contributed by atoms with van der Waals surface area (Å²) in [5.41, 5.74) is 2.45. The van der Waals surface area contributed by atoms with Crippen LogP contribution < -0.4 is 0 Å². The van der Waals surface area contributed by atoms with Gasteiger partial charge in [0.15, 0.2) is 11.5 Å². The van der Waals surface area contributed by atoms with Gasteiger partial charge in [0.25, 0.3) is 0 Å². The van der Waals surface area contributed by atoms with Crippen molar-refractivity contribution >= 4 is 11.6 Å². The van der Waals surface area contributed by atoms with Crippen LogP contribution in [0.4, 0.5) is 0 Å². The molecule has 3 aromatic heterocycles. The third kappa shape index (κ3) is 1.93. The fraction of sp³-hybridized carbons (Fsp3) is 0.0769. The summed E-state index contributed by atoms with van der Waals surface area (Å²) < 4.78 is 1.72. The number of carboxylic acid groups (broad SMARTS) is 1. The highest BCUT2D eigenvalue weighted by molar-refractivity contribution is 5.88. The summed E-state index contributed by atoms with van der Waals surface area (Å²) in [5, 5.41) is 17.0. The molecular weight excluding hydrogens is 244 g/mol. The van der Waals surface area contributed by atoms with Gasteiger partial charge < -0.3 is 5.11 Å². The summed E-state index contributed by atoms with van der Waals surface area (Å²) in [5.74, 6) is -0.392. The second kappa shape index (κ2) is 4.16. The second-order valence-electron chi connectivity index (χ2n) is 4.19. The second-order valence-corrected chi connectivity index (χ2v) is 4.19. The first kappa shape index (κ1) is 11.3. The van der Waals surface area contributed by atoms with Crippen molar-refractivity contribution in [1.29, 1.82) is 0 Å². The van der Waals surface area contributed by atoms with Crippen LogP contribution in [0.3, 0.4) is 0 Å². The van der Waals surface area contributed by atoms with Gasteiger partial charge in [0.05, 0.1) is 5.56 Å². The maximum Gasteiger partial charge on any atom is 0.335 e. The molecule has 0 fully saturated rings. The molecule has 6 heteroatoms. The van der Waals surface area contributed by atoms with E-state index in [1.54, 1.807) is 16.8 Å². The minimum atomic E-state index is -0.985. The van der Waals surface area contributed by atoms with E-state index >= 15 is 0 Å². The summed E-state index contributed by atoms with van der Waals surface area (Å²) in [6, 6.07) is 6.80. The molecular formula is C13H10N4O2. The van der Waals surface area contributed by atoms with Gasteiger partial charge in [-0.05, 0) is 36.8 Å². The van der Waals surface area contributed by atoms with Gasteiger partial charge in [0.1, 0.15) is 5.69 Å². The summed E-state index contributed by atoms with van der Waals surface area (Å²) in [6.45, 7) is 1.97. The van der Waals surface area contributed by atoms with Crippen LogP contribution in [0.25, 0.3) is 17.2 Å². The number of nitrogens with zero attached hydrogens (tertiary/aromatic N) is 4. The Morgan fingerprint density at radius 2 is 2.11 bits per heavy atom. The number of hydrogen-bond acceptors (Lipinski definition) is 4. The molecule has 0 bridgehead atoms. The zero-order chi connectivity index (χ0) is 13.4. The Bertz CT molecular complexity index is 779. The lowest BCUT2D eigenvalue weighted by Gasteiger charge is -2.01. The largest absolute Gasteiger partial charge is 0.478 e. The van der Waals surface area contributed by atoms with Crippen molar-refractivity contribution in [2.75, 3.05) is 0 Å². The Labute approximate surface area is 108 Å². The maximum atomic E-state index is 10.9. The van der Waals surface area contributed by atoms with Gasteiger partial charge in [-0.3, -0.25) is 9.38 Å². The average Bonchev–Trinajstić information content (AvgIpc) is 2.81. The van der Waals surface area contributed by atoms with Crippen molar-refractivity contribution in [2.24, 2.45) is 0 Å². The molecule has 94 valence electrons. The standard InChI is InChI=1S/C13H10N4O2/c1-8-2-4-14-10(6-8)12-16-15-11-7-9(13(18)19)3-5-17(11)12/h2-7H,1H3,(H,18,19). The molecule has 0 radical (unpaired) electrons. The molecule has 0 saturated carbocycles. The summed E-state index contributed by atoms with van der Waals surface area (Å²) in [4.78, 5) is 15.1. The van der Waals surface area contributed by atoms with Crippen molar-refractivity contribution in [2.45, 2.75) is 6.92 Å². The highest BCUT2D eigenvalue weighted by atomic mass is 16.4. The Morgan fingerprint density at radius 1 is 1.26 bits per heavy atom. The van der Waals surface area contributed by atoms with E-state index < -0.39 is 5.97 Å². The minimum Gasteiger partial charge on any atom is -0.478 e. The zero-order valence-corrected chi connectivity index (χ0v) is 10.1. The van der Waals surface area contributed by atoms with Crippen molar-refractivity contribution in [1.82, 2.24) is 19.6 Å². The Hall–Kier alpha value is -2.76. The van der Waals surface area contributed by atoms with Crippen molar-refractivity contribution in [3.8, 4) is 11.5 Å². The Balaban J connectivity index is 2.18. The van der Waals surface area contributed by atoms with Crippen LogP contribution in [0.15, 0.2) is 36.7 Å². The number of carboxylic acids is 1. The maximum absolute atomic E-state index is 10.9. The van der Waals surface area contributed by atoms with Gasteiger partial charge in [0, 0.05) is 12.4 Å². The SMILES string of the molecule is Cc1ccnc(-c2nnc3cc(C(=O)O)ccn23)c1. The van der Waals surface area contributed by atoms with E-state index in [-0.39, 0.29) is 5.56 Å². The zero-order valence-electron chi connectivity index (χ0n) is 10.1. The van der Waals surface area contributed by atoms with Gasteiger partial charge in [-0.25, -0.2) is 4.79 Å². The predicted molar refractivity (Wildman–Crippen MR) is 67.9 cm³/mol. The number of rotatable bonds is 2. The molecule has 0 atom stereocenters. The third-order valence-electron chi connectivity index (χ3n) is 2.80. The molecule has 0 spiro atoms. The minimum absolute atomic E-state index is 0.184. The van der Waals surface area contributed by atoms with Crippen molar-refractivity contribution < 1.29 is 9.90 Å². The van der Waals surface area contributed by atoms with Crippen LogP contribution >= 0.6 is 0 Å². The van der Waals surface area contributed by atoms with Crippen LogP contribution in [0.5, 0.6) is 0 Å². The molecule has 0 amide bonds. The fourth-order valence-electron chi connectivity index (χ4n) is 1.86. The van der Waals surface area contributed by atoms with Gasteiger partial charge in [-0.15, -0.1) is 10.2 Å². The van der Waals surface area contributed by atoms with Gasteiger partial charge >= 0.3 is 5.97 Å². The van der Waals surface area contributed by atoms with E-state index in [0.717, 1.165) is 5.56 Å². The molecule has 0 unspecified atom stereocenters. The smallest absolute Gasteiger partial charge is 0.335 e.